The normalized spacial score (nSPS) is 11.8. The minimum Gasteiger partial charge on any atom is -0.497 e. The molecule has 0 saturated heterocycles. The molecule has 2 aromatic carbocycles. The number of methoxy groups -OCH3 is 1. The van der Waals surface area contributed by atoms with Crippen LogP contribution in [0.4, 0.5) is 5.69 Å². The molecule has 0 bridgehead atoms. The highest BCUT2D eigenvalue weighted by Crippen LogP contribution is 2.17. The molecule has 0 radical (unpaired) electrons. The molecule has 0 aliphatic heterocycles. The van der Waals surface area contributed by atoms with E-state index in [1.54, 1.807) is 13.2 Å². The Morgan fingerprint density at radius 1 is 1.23 bits per heavy atom. The summed E-state index contributed by atoms with van der Waals surface area (Å²) in [5.41, 5.74) is 1.80. The van der Waals surface area contributed by atoms with E-state index in [-0.39, 0.29) is 18.5 Å². The lowest BCUT2D eigenvalue weighted by Gasteiger charge is -2.14. The van der Waals surface area contributed by atoms with Crippen molar-refractivity contribution in [2.24, 2.45) is 0 Å². The van der Waals surface area contributed by atoms with E-state index in [1.807, 2.05) is 49.4 Å². The van der Waals surface area contributed by atoms with Gasteiger partial charge in [0.25, 0.3) is 0 Å². The van der Waals surface area contributed by atoms with E-state index in [2.05, 4.69) is 10.6 Å². The minimum atomic E-state index is -0.103. The van der Waals surface area contributed by atoms with E-state index in [4.69, 9.17) is 16.3 Å². The van der Waals surface area contributed by atoms with Crippen molar-refractivity contribution in [1.82, 2.24) is 5.32 Å². The summed E-state index contributed by atoms with van der Waals surface area (Å²) < 4.78 is 5.12. The highest BCUT2D eigenvalue weighted by Gasteiger charge is 2.08. The molecule has 1 unspecified atom stereocenters. The van der Waals surface area contributed by atoms with Crippen molar-refractivity contribution in [3.63, 3.8) is 0 Å². The van der Waals surface area contributed by atoms with Crippen LogP contribution in [-0.4, -0.2) is 19.6 Å². The second-order valence-electron chi connectivity index (χ2n) is 4.93. The van der Waals surface area contributed by atoms with Gasteiger partial charge in [0, 0.05) is 22.8 Å². The number of benzene rings is 2. The summed E-state index contributed by atoms with van der Waals surface area (Å²) in [6.07, 6.45) is 0. The van der Waals surface area contributed by atoms with Crippen LogP contribution in [0.5, 0.6) is 5.75 Å². The standard InChI is InChI=1S/C17H19ClN2O2/c1-12(13-6-8-14(18)9-7-13)19-11-17(21)20-15-4-3-5-16(10-15)22-2/h3-10,12,19H,11H2,1-2H3,(H,20,21). The van der Waals surface area contributed by atoms with Gasteiger partial charge in [0.1, 0.15) is 5.75 Å². The lowest BCUT2D eigenvalue weighted by atomic mass is 10.1. The summed E-state index contributed by atoms with van der Waals surface area (Å²) in [6.45, 7) is 2.23. The fourth-order valence-corrected chi connectivity index (χ4v) is 2.15. The molecule has 22 heavy (non-hydrogen) atoms. The maximum Gasteiger partial charge on any atom is 0.238 e. The van der Waals surface area contributed by atoms with Gasteiger partial charge in [0.05, 0.1) is 13.7 Å². The predicted octanol–water partition coefficient (Wildman–Crippen LogP) is 3.64. The molecule has 0 fully saturated rings. The Labute approximate surface area is 135 Å². The molecule has 1 atom stereocenters. The van der Waals surface area contributed by atoms with Gasteiger partial charge in [-0.1, -0.05) is 29.8 Å². The molecule has 116 valence electrons. The molecule has 4 nitrogen and oxygen atoms in total. The molecule has 2 rings (SSSR count). The minimum absolute atomic E-state index is 0.0633. The van der Waals surface area contributed by atoms with Crippen molar-refractivity contribution in [3.05, 3.63) is 59.1 Å². The first kappa shape index (κ1) is 16.3. The molecule has 0 spiro atoms. The Morgan fingerprint density at radius 2 is 1.95 bits per heavy atom. The highest BCUT2D eigenvalue weighted by atomic mass is 35.5. The fraction of sp³-hybridized carbons (Fsp3) is 0.235. The molecule has 2 N–H and O–H groups in total. The van der Waals surface area contributed by atoms with Gasteiger partial charge in [-0.15, -0.1) is 0 Å². The van der Waals surface area contributed by atoms with Crippen molar-refractivity contribution in [2.75, 3.05) is 19.0 Å². The maximum absolute atomic E-state index is 12.0. The first-order valence-electron chi connectivity index (χ1n) is 7.01. The molecular formula is C17H19ClN2O2. The second-order valence-corrected chi connectivity index (χ2v) is 5.37. The van der Waals surface area contributed by atoms with Gasteiger partial charge < -0.3 is 15.4 Å². The van der Waals surface area contributed by atoms with Crippen LogP contribution in [0, 0.1) is 0 Å². The molecule has 1 amide bonds. The lowest BCUT2D eigenvalue weighted by Crippen LogP contribution is -2.30. The summed E-state index contributed by atoms with van der Waals surface area (Å²) in [5.74, 6) is 0.606. The van der Waals surface area contributed by atoms with Gasteiger partial charge in [-0.2, -0.15) is 0 Å². The fourth-order valence-electron chi connectivity index (χ4n) is 2.02. The Kier molecular flexibility index (Phi) is 5.81. The summed E-state index contributed by atoms with van der Waals surface area (Å²) in [4.78, 5) is 12.0. The molecule has 0 aliphatic carbocycles. The van der Waals surface area contributed by atoms with Crippen molar-refractivity contribution in [3.8, 4) is 5.75 Å². The van der Waals surface area contributed by atoms with Crippen LogP contribution in [-0.2, 0) is 4.79 Å². The van der Waals surface area contributed by atoms with Gasteiger partial charge in [0.2, 0.25) is 5.91 Å². The zero-order valence-corrected chi connectivity index (χ0v) is 13.4. The number of hydrogen-bond donors (Lipinski definition) is 2. The zero-order valence-electron chi connectivity index (χ0n) is 12.6. The largest absolute Gasteiger partial charge is 0.497 e. The average molecular weight is 319 g/mol. The van der Waals surface area contributed by atoms with Crippen LogP contribution in [0.1, 0.15) is 18.5 Å². The second kappa shape index (κ2) is 7.82. The molecule has 5 heteroatoms. The number of anilines is 1. The molecule has 0 saturated carbocycles. The predicted molar refractivity (Wildman–Crippen MR) is 89.5 cm³/mol. The summed E-state index contributed by atoms with van der Waals surface area (Å²) in [5, 5.41) is 6.71. The molecule has 0 aliphatic rings. The summed E-state index contributed by atoms with van der Waals surface area (Å²) >= 11 is 5.86. The van der Waals surface area contributed by atoms with E-state index in [9.17, 15) is 4.79 Å². The van der Waals surface area contributed by atoms with Crippen LogP contribution >= 0.6 is 11.6 Å². The Balaban J connectivity index is 1.85. The van der Waals surface area contributed by atoms with Gasteiger partial charge in [0.15, 0.2) is 0 Å². The molecular weight excluding hydrogens is 300 g/mol. The first-order valence-corrected chi connectivity index (χ1v) is 7.39. The van der Waals surface area contributed by atoms with E-state index < -0.39 is 0 Å². The first-order chi connectivity index (χ1) is 10.6. The number of nitrogens with one attached hydrogen (secondary N) is 2. The van der Waals surface area contributed by atoms with Crippen molar-refractivity contribution >= 4 is 23.2 Å². The number of amides is 1. The van der Waals surface area contributed by atoms with Gasteiger partial charge in [-0.3, -0.25) is 4.79 Å². The van der Waals surface area contributed by atoms with E-state index in [1.165, 1.54) is 0 Å². The van der Waals surface area contributed by atoms with Crippen molar-refractivity contribution in [2.45, 2.75) is 13.0 Å². The summed E-state index contributed by atoms with van der Waals surface area (Å²) in [6, 6.07) is 14.9. The van der Waals surface area contributed by atoms with Crippen LogP contribution in [0.25, 0.3) is 0 Å². The van der Waals surface area contributed by atoms with Crippen LogP contribution in [0.15, 0.2) is 48.5 Å². The molecule has 0 aromatic heterocycles. The third-order valence-corrected chi connectivity index (χ3v) is 3.54. The van der Waals surface area contributed by atoms with Gasteiger partial charge in [-0.05, 0) is 36.8 Å². The summed E-state index contributed by atoms with van der Waals surface area (Å²) in [7, 11) is 1.59. The van der Waals surface area contributed by atoms with E-state index >= 15 is 0 Å². The number of ether oxygens (including phenoxy) is 1. The van der Waals surface area contributed by atoms with E-state index in [0.29, 0.717) is 16.5 Å². The monoisotopic (exact) mass is 318 g/mol. The SMILES string of the molecule is COc1cccc(NC(=O)CNC(C)c2ccc(Cl)cc2)c1. The number of halogens is 1. The number of rotatable bonds is 6. The van der Waals surface area contributed by atoms with Crippen LogP contribution in [0.2, 0.25) is 5.02 Å². The highest BCUT2D eigenvalue weighted by molar-refractivity contribution is 6.30. The number of carbonyl (C=O) groups is 1. The van der Waals surface area contributed by atoms with E-state index in [0.717, 1.165) is 5.56 Å². The quantitative estimate of drug-likeness (QED) is 0.855. The lowest BCUT2D eigenvalue weighted by molar-refractivity contribution is -0.115. The van der Waals surface area contributed by atoms with Crippen molar-refractivity contribution < 1.29 is 9.53 Å². The van der Waals surface area contributed by atoms with Crippen LogP contribution < -0.4 is 15.4 Å². The third kappa shape index (κ3) is 4.76. The average Bonchev–Trinajstić information content (AvgIpc) is 2.53. The number of carbonyl (C=O) groups excluding carboxylic acids is 1. The van der Waals surface area contributed by atoms with Gasteiger partial charge in [-0.25, -0.2) is 0 Å². The Morgan fingerprint density at radius 3 is 2.64 bits per heavy atom. The molecule has 0 heterocycles. The molecule has 2 aromatic rings. The Bertz CT molecular complexity index is 629. The number of hydrogen-bond acceptors (Lipinski definition) is 3. The maximum atomic E-state index is 12.0. The van der Waals surface area contributed by atoms with Gasteiger partial charge >= 0.3 is 0 Å². The van der Waals surface area contributed by atoms with Crippen LogP contribution in [0.3, 0.4) is 0 Å². The zero-order chi connectivity index (χ0) is 15.9. The van der Waals surface area contributed by atoms with Crippen molar-refractivity contribution in [1.29, 1.82) is 0 Å². The Hall–Kier alpha value is -2.04. The topological polar surface area (TPSA) is 50.4 Å². The smallest absolute Gasteiger partial charge is 0.238 e. The third-order valence-electron chi connectivity index (χ3n) is 3.29.